The van der Waals surface area contributed by atoms with Gasteiger partial charge in [-0.2, -0.15) is 0 Å². The van der Waals surface area contributed by atoms with Gasteiger partial charge in [0, 0.05) is 30.0 Å². The number of halogens is 2. The maximum absolute atomic E-state index is 12.1. The summed E-state index contributed by atoms with van der Waals surface area (Å²) in [5.74, 6) is 0.109. The molecular weight excluding hydrogens is 355 g/mol. The third-order valence-corrected chi connectivity index (χ3v) is 3.81. The Kier molecular flexibility index (Phi) is 5.78. The molecule has 24 heavy (non-hydrogen) atoms. The van der Waals surface area contributed by atoms with Gasteiger partial charge >= 0.3 is 0 Å². The highest BCUT2D eigenvalue weighted by Gasteiger charge is 2.10. The molecule has 0 atom stereocenters. The molecule has 6 nitrogen and oxygen atoms in total. The highest BCUT2D eigenvalue weighted by atomic mass is 35.5. The Bertz CT molecular complexity index is 822. The Hall–Kier alpha value is -2.57. The summed E-state index contributed by atoms with van der Waals surface area (Å²) >= 11 is 11.7. The Morgan fingerprint density at radius 3 is 2.58 bits per heavy atom. The van der Waals surface area contributed by atoms with Crippen LogP contribution in [0.1, 0.15) is 10.4 Å². The first-order valence-corrected chi connectivity index (χ1v) is 7.43. The maximum atomic E-state index is 12.1. The van der Waals surface area contributed by atoms with Gasteiger partial charge in [-0.25, -0.2) is 0 Å². The number of methoxy groups -OCH3 is 1. The van der Waals surface area contributed by atoms with Crippen molar-refractivity contribution in [1.29, 1.82) is 0 Å². The van der Waals surface area contributed by atoms with E-state index in [1.165, 1.54) is 49.7 Å². The van der Waals surface area contributed by atoms with E-state index >= 15 is 0 Å². The number of anilines is 1. The zero-order valence-corrected chi connectivity index (χ0v) is 14.0. The summed E-state index contributed by atoms with van der Waals surface area (Å²) in [4.78, 5) is 22.4. The lowest BCUT2D eigenvalue weighted by atomic mass is 10.1. The number of nitro benzene ring substituents is 1. The predicted octanol–water partition coefficient (Wildman–Crippen LogP) is 4.72. The molecule has 0 aliphatic heterocycles. The Morgan fingerprint density at radius 2 is 1.96 bits per heavy atom. The monoisotopic (exact) mass is 366 g/mol. The molecular formula is C16H12Cl2N2O4. The fourth-order valence-corrected chi connectivity index (χ4v) is 2.17. The fourth-order valence-electron chi connectivity index (χ4n) is 1.88. The highest BCUT2D eigenvalue weighted by Crippen LogP contribution is 2.29. The number of hydrogen-bond acceptors (Lipinski definition) is 5. The van der Waals surface area contributed by atoms with Crippen molar-refractivity contribution in [3.8, 4) is 5.75 Å². The second kappa shape index (κ2) is 7.81. The second-order valence-electron chi connectivity index (χ2n) is 4.61. The van der Waals surface area contributed by atoms with Gasteiger partial charge < -0.3 is 10.1 Å². The third-order valence-electron chi connectivity index (χ3n) is 3.07. The fraction of sp³-hybridized carbons (Fsp3) is 0.0625. The van der Waals surface area contributed by atoms with E-state index in [9.17, 15) is 14.9 Å². The minimum Gasteiger partial charge on any atom is -0.495 e. The van der Waals surface area contributed by atoms with Crippen LogP contribution in [0.4, 0.5) is 11.4 Å². The van der Waals surface area contributed by atoms with E-state index in [1.807, 2.05) is 0 Å². The third kappa shape index (κ3) is 4.24. The minimum absolute atomic E-state index is 0.0949. The molecule has 0 saturated heterocycles. The quantitative estimate of drug-likeness (QED) is 0.346. The zero-order valence-electron chi connectivity index (χ0n) is 12.5. The van der Waals surface area contributed by atoms with Crippen molar-refractivity contribution < 1.29 is 14.5 Å². The molecule has 124 valence electrons. The lowest BCUT2D eigenvalue weighted by molar-refractivity contribution is -0.384. The Morgan fingerprint density at radius 1 is 1.21 bits per heavy atom. The molecule has 0 spiro atoms. The van der Waals surface area contributed by atoms with Crippen LogP contribution in [0.5, 0.6) is 5.75 Å². The predicted molar refractivity (Wildman–Crippen MR) is 93.2 cm³/mol. The summed E-state index contributed by atoms with van der Waals surface area (Å²) in [6.07, 6.45) is 2.64. The number of carbonyl (C=O) groups excluding carboxylic acids is 1. The molecule has 2 aromatic rings. The number of hydrogen-bond donors (Lipinski definition) is 1. The smallest absolute Gasteiger partial charge is 0.271 e. The molecule has 0 aliphatic carbocycles. The van der Waals surface area contributed by atoms with Crippen LogP contribution >= 0.6 is 23.2 Å². The standard InChI is InChI=1S/C16H12Cl2N2O4/c1-24-16-5-3-11(20(22)23)9-14(16)19-7-6-15(21)10-2-4-12(17)13(18)8-10/h2-9,19H,1H3/b7-6+. The molecule has 0 aromatic heterocycles. The number of ether oxygens (including phenoxy) is 1. The molecule has 2 rings (SSSR count). The lowest BCUT2D eigenvalue weighted by Crippen LogP contribution is -1.98. The molecule has 0 heterocycles. The van der Waals surface area contributed by atoms with Crippen LogP contribution in [0.2, 0.25) is 10.0 Å². The molecule has 8 heteroatoms. The first kappa shape index (κ1) is 17.8. The molecule has 0 saturated carbocycles. The van der Waals surface area contributed by atoms with Crippen molar-refractivity contribution in [3.05, 3.63) is 74.4 Å². The van der Waals surface area contributed by atoms with Gasteiger partial charge in [-0.05, 0) is 24.3 Å². The van der Waals surface area contributed by atoms with Crippen LogP contribution < -0.4 is 10.1 Å². The molecule has 0 radical (unpaired) electrons. The summed E-state index contributed by atoms with van der Waals surface area (Å²) < 4.78 is 5.12. The average molecular weight is 367 g/mol. The molecule has 0 amide bonds. The molecule has 0 bridgehead atoms. The first-order valence-electron chi connectivity index (χ1n) is 6.67. The SMILES string of the molecule is COc1ccc([N+](=O)[O-])cc1N/C=C/C(=O)c1ccc(Cl)c(Cl)c1. The number of nitro groups is 1. The van der Waals surface area contributed by atoms with E-state index in [4.69, 9.17) is 27.9 Å². The van der Waals surface area contributed by atoms with Crippen LogP contribution in [0, 0.1) is 10.1 Å². The van der Waals surface area contributed by atoms with Gasteiger partial charge in [-0.1, -0.05) is 23.2 Å². The van der Waals surface area contributed by atoms with Crippen LogP contribution in [-0.4, -0.2) is 17.8 Å². The van der Waals surface area contributed by atoms with Crippen LogP contribution in [-0.2, 0) is 0 Å². The number of rotatable bonds is 6. The Balaban J connectivity index is 2.15. The second-order valence-corrected chi connectivity index (χ2v) is 5.43. The normalized spacial score (nSPS) is 10.6. The molecule has 1 N–H and O–H groups in total. The van der Waals surface area contributed by atoms with E-state index < -0.39 is 4.92 Å². The van der Waals surface area contributed by atoms with Crippen molar-refractivity contribution in [3.63, 3.8) is 0 Å². The molecule has 0 unspecified atom stereocenters. The van der Waals surface area contributed by atoms with Crippen molar-refractivity contribution in [2.45, 2.75) is 0 Å². The van der Waals surface area contributed by atoms with E-state index in [2.05, 4.69) is 5.32 Å². The first-order chi connectivity index (χ1) is 11.4. The van der Waals surface area contributed by atoms with Gasteiger partial charge in [-0.3, -0.25) is 14.9 Å². The van der Waals surface area contributed by atoms with Crippen molar-refractivity contribution in [2.24, 2.45) is 0 Å². The van der Waals surface area contributed by atoms with Gasteiger partial charge in [0.1, 0.15) is 5.75 Å². The van der Waals surface area contributed by atoms with Gasteiger partial charge in [0.05, 0.1) is 27.8 Å². The van der Waals surface area contributed by atoms with Crippen LogP contribution in [0.15, 0.2) is 48.7 Å². The summed E-state index contributed by atoms with van der Waals surface area (Å²) in [5.41, 5.74) is 0.640. The van der Waals surface area contributed by atoms with Crippen LogP contribution in [0.25, 0.3) is 0 Å². The number of benzene rings is 2. The van der Waals surface area contributed by atoms with Gasteiger partial charge in [-0.15, -0.1) is 0 Å². The number of allylic oxidation sites excluding steroid dienone is 1. The van der Waals surface area contributed by atoms with Gasteiger partial charge in [0.25, 0.3) is 5.69 Å². The summed E-state index contributed by atoms with van der Waals surface area (Å²) in [6, 6.07) is 8.65. The maximum Gasteiger partial charge on any atom is 0.271 e. The average Bonchev–Trinajstić information content (AvgIpc) is 2.57. The van der Waals surface area contributed by atoms with Crippen molar-refractivity contribution >= 4 is 40.4 Å². The molecule has 0 aliphatic rings. The lowest BCUT2D eigenvalue weighted by Gasteiger charge is -2.07. The molecule has 0 fully saturated rings. The van der Waals surface area contributed by atoms with E-state index in [0.29, 0.717) is 22.0 Å². The summed E-state index contributed by atoms with van der Waals surface area (Å²) in [5, 5.41) is 14.3. The Labute approximate surface area is 147 Å². The number of carbonyl (C=O) groups is 1. The van der Waals surface area contributed by atoms with Gasteiger partial charge in [0.2, 0.25) is 0 Å². The van der Waals surface area contributed by atoms with Crippen LogP contribution in [0.3, 0.4) is 0 Å². The minimum atomic E-state index is -0.519. The number of ketones is 1. The molecule has 2 aromatic carbocycles. The van der Waals surface area contributed by atoms with E-state index in [0.717, 1.165) is 0 Å². The number of nitrogens with zero attached hydrogens (tertiary/aromatic N) is 1. The highest BCUT2D eigenvalue weighted by molar-refractivity contribution is 6.42. The van der Waals surface area contributed by atoms with E-state index in [-0.39, 0.29) is 16.5 Å². The zero-order chi connectivity index (χ0) is 17.7. The topological polar surface area (TPSA) is 81.5 Å². The van der Waals surface area contributed by atoms with Crippen molar-refractivity contribution in [1.82, 2.24) is 0 Å². The van der Waals surface area contributed by atoms with E-state index in [1.54, 1.807) is 6.07 Å². The summed E-state index contributed by atoms with van der Waals surface area (Å²) in [6.45, 7) is 0. The largest absolute Gasteiger partial charge is 0.495 e. The van der Waals surface area contributed by atoms with Crippen molar-refractivity contribution in [2.75, 3.05) is 12.4 Å². The summed E-state index contributed by atoms with van der Waals surface area (Å²) in [7, 11) is 1.44. The van der Waals surface area contributed by atoms with Gasteiger partial charge in [0.15, 0.2) is 5.78 Å². The number of non-ortho nitro benzene ring substituents is 1. The number of nitrogens with one attached hydrogen (secondary N) is 1.